The molecule has 2 aromatic heterocycles. The van der Waals surface area contributed by atoms with E-state index in [0.717, 1.165) is 21.9 Å². The van der Waals surface area contributed by atoms with Crippen LogP contribution in [0.25, 0.3) is 21.9 Å². The third-order valence-electron chi connectivity index (χ3n) is 3.19. The van der Waals surface area contributed by atoms with Gasteiger partial charge in [-0.25, -0.2) is 4.98 Å². The normalized spacial score (nSPS) is 11.3. The SMILES string of the molecule is O=C(SCCCO)c1ccc2[nH]c3ncc(Cl)cc3c2c1. The van der Waals surface area contributed by atoms with Gasteiger partial charge in [-0.05, 0) is 30.7 Å². The summed E-state index contributed by atoms with van der Waals surface area (Å²) in [4.78, 5) is 19.6. The first-order valence-corrected chi connectivity index (χ1v) is 7.90. The third kappa shape index (κ3) is 2.90. The maximum absolute atomic E-state index is 12.1. The molecule has 3 aromatic rings. The number of nitrogens with zero attached hydrogens (tertiary/aromatic N) is 1. The molecular formula is C15H13ClN2O2S. The summed E-state index contributed by atoms with van der Waals surface area (Å²) < 4.78 is 0. The smallest absolute Gasteiger partial charge is 0.219 e. The highest BCUT2D eigenvalue weighted by molar-refractivity contribution is 8.14. The van der Waals surface area contributed by atoms with Gasteiger partial charge in [-0.3, -0.25) is 4.79 Å². The van der Waals surface area contributed by atoms with E-state index < -0.39 is 0 Å². The maximum Gasteiger partial charge on any atom is 0.219 e. The quantitative estimate of drug-likeness (QED) is 0.720. The molecule has 6 heteroatoms. The average Bonchev–Trinajstić information content (AvgIpc) is 2.84. The van der Waals surface area contributed by atoms with Crippen molar-refractivity contribution in [2.24, 2.45) is 0 Å². The van der Waals surface area contributed by atoms with E-state index in [4.69, 9.17) is 16.7 Å². The Bertz CT molecular complexity index is 816. The predicted octanol–water partition coefficient (Wildman–Crippen LogP) is 3.63. The Morgan fingerprint density at radius 3 is 3.00 bits per heavy atom. The number of aromatic nitrogens is 2. The van der Waals surface area contributed by atoms with Gasteiger partial charge in [0.25, 0.3) is 0 Å². The highest BCUT2D eigenvalue weighted by Gasteiger charge is 2.11. The molecule has 2 N–H and O–H groups in total. The van der Waals surface area contributed by atoms with Gasteiger partial charge in [-0.2, -0.15) is 0 Å². The zero-order valence-corrected chi connectivity index (χ0v) is 12.7. The third-order valence-corrected chi connectivity index (χ3v) is 4.39. The number of pyridine rings is 1. The first-order chi connectivity index (χ1) is 10.2. The van der Waals surface area contributed by atoms with Crippen LogP contribution in [-0.2, 0) is 0 Å². The van der Waals surface area contributed by atoms with Crippen molar-refractivity contribution in [1.29, 1.82) is 0 Å². The fraction of sp³-hybridized carbons (Fsp3) is 0.200. The molecule has 0 fully saturated rings. The van der Waals surface area contributed by atoms with Crippen LogP contribution in [0, 0.1) is 0 Å². The molecule has 1 aromatic carbocycles. The Morgan fingerprint density at radius 2 is 2.19 bits per heavy atom. The number of carbonyl (C=O) groups excluding carboxylic acids is 1. The summed E-state index contributed by atoms with van der Waals surface area (Å²) in [6.45, 7) is 0.103. The summed E-state index contributed by atoms with van der Waals surface area (Å²) in [5.41, 5.74) is 2.33. The molecule has 2 heterocycles. The van der Waals surface area contributed by atoms with Gasteiger partial charge in [0.05, 0.1) is 5.02 Å². The van der Waals surface area contributed by atoms with Crippen LogP contribution in [0.5, 0.6) is 0 Å². The Kier molecular flexibility index (Phi) is 4.14. The largest absolute Gasteiger partial charge is 0.396 e. The number of hydrogen-bond acceptors (Lipinski definition) is 4. The van der Waals surface area contributed by atoms with E-state index in [9.17, 15) is 4.79 Å². The van der Waals surface area contributed by atoms with Gasteiger partial charge in [0, 0.05) is 40.4 Å². The Labute approximate surface area is 130 Å². The van der Waals surface area contributed by atoms with Gasteiger partial charge in [0.15, 0.2) is 0 Å². The summed E-state index contributed by atoms with van der Waals surface area (Å²) in [7, 11) is 0. The van der Waals surface area contributed by atoms with E-state index in [1.54, 1.807) is 12.3 Å². The monoisotopic (exact) mass is 320 g/mol. The van der Waals surface area contributed by atoms with Crippen molar-refractivity contribution in [2.45, 2.75) is 6.42 Å². The summed E-state index contributed by atoms with van der Waals surface area (Å²) >= 11 is 7.21. The molecule has 0 amide bonds. The second-order valence-corrected chi connectivity index (χ2v) is 6.15. The minimum Gasteiger partial charge on any atom is -0.396 e. The van der Waals surface area contributed by atoms with Crippen molar-refractivity contribution in [3.63, 3.8) is 0 Å². The first kappa shape index (κ1) is 14.4. The minimum absolute atomic E-state index is 0.00897. The number of hydrogen-bond donors (Lipinski definition) is 2. The highest BCUT2D eigenvalue weighted by Crippen LogP contribution is 2.28. The van der Waals surface area contributed by atoms with Crippen LogP contribution in [0.15, 0.2) is 30.5 Å². The van der Waals surface area contributed by atoms with Crippen LogP contribution in [-0.4, -0.2) is 32.5 Å². The molecule has 0 bridgehead atoms. The number of rotatable bonds is 4. The summed E-state index contributed by atoms with van der Waals surface area (Å²) in [5.74, 6) is 0.620. The summed E-state index contributed by atoms with van der Waals surface area (Å²) in [6.07, 6.45) is 2.21. The summed E-state index contributed by atoms with van der Waals surface area (Å²) in [5, 5.41) is 11.2. The Balaban J connectivity index is 2.00. The molecule has 0 aliphatic heterocycles. The number of benzene rings is 1. The number of aliphatic hydroxyl groups is 1. The predicted molar refractivity (Wildman–Crippen MR) is 87.1 cm³/mol. The van der Waals surface area contributed by atoms with Gasteiger partial charge in [0.1, 0.15) is 5.65 Å². The van der Waals surface area contributed by atoms with Gasteiger partial charge in [-0.1, -0.05) is 23.4 Å². The number of thioether (sulfide) groups is 1. The van der Waals surface area contributed by atoms with Gasteiger partial charge >= 0.3 is 0 Å². The average molecular weight is 321 g/mol. The Hall–Kier alpha value is -1.56. The second-order valence-electron chi connectivity index (χ2n) is 4.65. The molecule has 3 rings (SSSR count). The van der Waals surface area contributed by atoms with E-state index in [0.29, 0.717) is 22.8 Å². The van der Waals surface area contributed by atoms with Crippen molar-refractivity contribution < 1.29 is 9.90 Å². The van der Waals surface area contributed by atoms with E-state index in [-0.39, 0.29) is 11.7 Å². The number of fused-ring (bicyclic) bond motifs is 3. The molecule has 21 heavy (non-hydrogen) atoms. The van der Waals surface area contributed by atoms with Gasteiger partial charge < -0.3 is 10.1 Å². The van der Waals surface area contributed by atoms with E-state index in [1.807, 2.05) is 18.2 Å². The fourth-order valence-electron chi connectivity index (χ4n) is 2.19. The summed E-state index contributed by atoms with van der Waals surface area (Å²) in [6, 6.07) is 7.38. The maximum atomic E-state index is 12.1. The molecule has 0 aliphatic rings. The van der Waals surface area contributed by atoms with E-state index in [1.165, 1.54) is 11.8 Å². The van der Waals surface area contributed by atoms with Crippen molar-refractivity contribution in [3.8, 4) is 0 Å². The number of aliphatic hydroxyl groups excluding tert-OH is 1. The number of aromatic amines is 1. The van der Waals surface area contributed by atoms with Crippen molar-refractivity contribution >= 4 is 50.4 Å². The molecule has 108 valence electrons. The van der Waals surface area contributed by atoms with Crippen molar-refractivity contribution in [3.05, 3.63) is 41.0 Å². The molecule has 0 spiro atoms. The molecule has 0 unspecified atom stereocenters. The molecule has 0 atom stereocenters. The van der Waals surface area contributed by atoms with Crippen LogP contribution < -0.4 is 0 Å². The van der Waals surface area contributed by atoms with Crippen molar-refractivity contribution in [2.75, 3.05) is 12.4 Å². The number of carbonyl (C=O) groups is 1. The molecular weight excluding hydrogens is 308 g/mol. The van der Waals surface area contributed by atoms with Crippen LogP contribution in [0.3, 0.4) is 0 Å². The van der Waals surface area contributed by atoms with Gasteiger partial charge in [-0.15, -0.1) is 0 Å². The van der Waals surface area contributed by atoms with Crippen LogP contribution >= 0.6 is 23.4 Å². The molecule has 0 radical (unpaired) electrons. The Morgan fingerprint density at radius 1 is 1.33 bits per heavy atom. The van der Waals surface area contributed by atoms with Crippen molar-refractivity contribution in [1.82, 2.24) is 9.97 Å². The zero-order chi connectivity index (χ0) is 14.8. The lowest BCUT2D eigenvalue weighted by atomic mass is 10.1. The zero-order valence-electron chi connectivity index (χ0n) is 11.1. The lowest BCUT2D eigenvalue weighted by Gasteiger charge is -2.00. The fourth-order valence-corrected chi connectivity index (χ4v) is 3.10. The molecule has 0 saturated carbocycles. The molecule has 4 nitrogen and oxygen atoms in total. The molecule has 0 saturated heterocycles. The number of H-pyrrole nitrogens is 1. The highest BCUT2D eigenvalue weighted by atomic mass is 35.5. The number of halogens is 1. The van der Waals surface area contributed by atoms with Crippen LogP contribution in [0.4, 0.5) is 0 Å². The number of nitrogens with one attached hydrogen (secondary N) is 1. The lowest BCUT2D eigenvalue weighted by Crippen LogP contribution is -1.96. The van der Waals surface area contributed by atoms with E-state index in [2.05, 4.69) is 9.97 Å². The molecule has 0 aliphatic carbocycles. The van der Waals surface area contributed by atoms with Gasteiger partial charge in [0.2, 0.25) is 5.12 Å². The van der Waals surface area contributed by atoms with Crippen LogP contribution in [0.1, 0.15) is 16.8 Å². The standard InChI is InChI=1S/C15H13ClN2O2S/c16-10-7-12-11-6-9(15(20)21-5-1-4-19)2-3-13(11)18-14(12)17-8-10/h2-3,6-8,19H,1,4-5H2,(H,17,18). The topological polar surface area (TPSA) is 66.0 Å². The lowest BCUT2D eigenvalue weighted by molar-refractivity contribution is 0.108. The second kappa shape index (κ2) is 6.05. The minimum atomic E-state index is 0.00897. The van der Waals surface area contributed by atoms with E-state index >= 15 is 0 Å². The first-order valence-electron chi connectivity index (χ1n) is 6.54. The van der Waals surface area contributed by atoms with Crippen LogP contribution in [0.2, 0.25) is 5.02 Å².